The number of anilines is 2. The highest BCUT2D eigenvalue weighted by Crippen LogP contribution is 2.45. The molecule has 9 nitrogen and oxygen atoms in total. The second-order valence-electron chi connectivity index (χ2n) is 8.88. The van der Waals surface area contributed by atoms with Crippen LogP contribution >= 0.6 is 0 Å². The molecule has 2 N–H and O–H groups in total. The quantitative estimate of drug-likeness (QED) is 0.749. The second-order valence-corrected chi connectivity index (χ2v) is 8.88. The number of rotatable bonds is 2. The SMILES string of the molecule is O=C1NCC2(CCCC2)N2C1=CC1C=NC(Nc3ccc(N4CCOCC4)cn3)=NC12. The number of nitrogens with zero attached hydrogens (tertiary/aromatic N) is 5. The van der Waals surface area contributed by atoms with Crippen LogP contribution in [0.1, 0.15) is 25.7 Å². The van der Waals surface area contributed by atoms with Gasteiger partial charge in [-0.05, 0) is 31.1 Å². The molecule has 1 aromatic heterocycles. The minimum absolute atomic E-state index is 0.00500. The number of morpholine rings is 1. The van der Waals surface area contributed by atoms with Gasteiger partial charge >= 0.3 is 0 Å². The highest BCUT2D eigenvalue weighted by Gasteiger charge is 2.53. The van der Waals surface area contributed by atoms with Gasteiger partial charge in [0, 0.05) is 25.8 Å². The summed E-state index contributed by atoms with van der Waals surface area (Å²) in [7, 11) is 0. The molecule has 0 radical (unpaired) electrons. The van der Waals surface area contributed by atoms with Gasteiger partial charge in [-0.3, -0.25) is 4.79 Å². The number of hydrogen-bond donors (Lipinski definition) is 2. The number of nitrogens with one attached hydrogen (secondary N) is 2. The van der Waals surface area contributed by atoms with Crippen molar-refractivity contribution >= 4 is 29.6 Å². The first kappa shape index (κ1) is 18.8. The number of piperazine rings is 1. The first-order chi connectivity index (χ1) is 15.2. The Morgan fingerprint density at radius 2 is 2.03 bits per heavy atom. The fourth-order valence-corrected chi connectivity index (χ4v) is 5.48. The molecule has 2 saturated heterocycles. The monoisotopic (exact) mass is 421 g/mol. The van der Waals surface area contributed by atoms with Gasteiger partial charge in [0.05, 0.1) is 36.6 Å². The molecule has 2 unspecified atom stereocenters. The van der Waals surface area contributed by atoms with Crippen LogP contribution in [-0.2, 0) is 9.53 Å². The molecule has 31 heavy (non-hydrogen) atoms. The Balaban J connectivity index is 1.21. The molecular formula is C22H27N7O2. The Morgan fingerprint density at radius 3 is 2.81 bits per heavy atom. The molecule has 3 fully saturated rings. The molecule has 4 aliphatic heterocycles. The standard InChI is InChI=1S/C22H27N7O2/c30-20-17-11-15-12-24-21(27-19(15)29(17)22(14-25-20)5-1-2-6-22)26-18-4-3-16(13-23-18)28-7-9-31-10-8-28/h3-4,11-13,15,19H,1-2,5-10,14H2,(H,25,30)(H,23,26,27). The zero-order valence-electron chi connectivity index (χ0n) is 17.5. The summed E-state index contributed by atoms with van der Waals surface area (Å²) < 4.78 is 5.42. The van der Waals surface area contributed by atoms with E-state index < -0.39 is 0 Å². The van der Waals surface area contributed by atoms with Crippen molar-refractivity contribution in [2.24, 2.45) is 15.9 Å². The molecule has 9 heteroatoms. The molecule has 2 atom stereocenters. The normalized spacial score (nSPS) is 28.7. The molecule has 0 bridgehead atoms. The number of amides is 1. The molecule has 1 saturated carbocycles. The third-order valence-corrected chi connectivity index (χ3v) is 7.06. The van der Waals surface area contributed by atoms with Crippen molar-refractivity contribution in [3.8, 4) is 0 Å². The van der Waals surface area contributed by atoms with Gasteiger partial charge in [-0.15, -0.1) is 0 Å². The second kappa shape index (κ2) is 7.33. The van der Waals surface area contributed by atoms with E-state index in [0.29, 0.717) is 18.3 Å². The average Bonchev–Trinajstić information content (AvgIpc) is 3.43. The van der Waals surface area contributed by atoms with E-state index in [1.807, 2.05) is 24.6 Å². The van der Waals surface area contributed by atoms with Gasteiger partial charge in [0.1, 0.15) is 17.7 Å². The van der Waals surface area contributed by atoms with Crippen LogP contribution < -0.4 is 15.5 Å². The van der Waals surface area contributed by atoms with Gasteiger partial charge in [-0.25, -0.2) is 15.0 Å². The smallest absolute Gasteiger partial charge is 0.267 e. The van der Waals surface area contributed by atoms with Crippen molar-refractivity contribution in [3.63, 3.8) is 0 Å². The Morgan fingerprint density at radius 1 is 1.19 bits per heavy atom. The molecule has 5 heterocycles. The van der Waals surface area contributed by atoms with E-state index >= 15 is 0 Å². The number of aliphatic imine (C=N–C) groups is 2. The van der Waals surface area contributed by atoms with Crippen LogP contribution in [0.5, 0.6) is 0 Å². The van der Waals surface area contributed by atoms with Gasteiger partial charge in [0.25, 0.3) is 5.91 Å². The minimum Gasteiger partial charge on any atom is -0.378 e. The summed E-state index contributed by atoms with van der Waals surface area (Å²) in [5.74, 6) is 1.29. The maximum absolute atomic E-state index is 12.5. The third kappa shape index (κ3) is 3.18. The molecule has 1 amide bonds. The van der Waals surface area contributed by atoms with Crippen molar-refractivity contribution in [2.75, 3.05) is 43.1 Å². The van der Waals surface area contributed by atoms with E-state index in [4.69, 9.17) is 9.73 Å². The van der Waals surface area contributed by atoms with Crippen LogP contribution in [0.4, 0.5) is 11.5 Å². The van der Waals surface area contributed by atoms with Gasteiger partial charge in [0.15, 0.2) is 0 Å². The van der Waals surface area contributed by atoms with E-state index in [1.165, 1.54) is 12.8 Å². The largest absolute Gasteiger partial charge is 0.378 e. The van der Waals surface area contributed by atoms with Gasteiger partial charge < -0.3 is 25.2 Å². The number of ether oxygens (including phenoxy) is 1. The maximum atomic E-state index is 12.5. The summed E-state index contributed by atoms with van der Waals surface area (Å²) in [6.45, 7) is 3.97. The molecule has 162 valence electrons. The van der Waals surface area contributed by atoms with E-state index in [1.54, 1.807) is 0 Å². The van der Waals surface area contributed by atoms with Crippen LogP contribution in [-0.4, -0.2) is 72.5 Å². The zero-order valence-corrected chi connectivity index (χ0v) is 17.5. The summed E-state index contributed by atoms with van der Waals surface area (Å²) in [5.41, 5.74) is 1.83. The highest BCUT2D eigenvalue weighted by molar-refractivity contribution is 6.01. The Hall–Kier alpha value is -2.94. The number of pyridine rings is 1. The van der Waals surface area contributed by atoms with Gasteiger partial charge in [-0.2, -0.15) is 0 Å². The van der Waals surface area contributed by atoms with E-state index in [0.717, 1.165) is 50.5 Å². The predicted molar refractivity (Wildman–Crippen MR) is 118 cm³/mol. The molecule has 1 aliphatic carbocycles. The summed E-state index contributed by atoms with van der Waals surface area (Å²) in [6.07, 6.45) is 10.3. The Kier molecular flexibility index (Phi) is 4.45. The topological polar surface area (TPSA) is 94.5 Å². The number of aromatic nitrogens is 1. The van der Waals surface area contributed by atoms with Crippen molar-refractivity contribution in [2.45, 2.75) is 37.4 Å². The lowest BCUT2D eigenvalue weighted by Crippen LogP contribution is -2.62. The fraction of sp³-hybridized carbons (Fsp3) is 0.545. The fourth-order valence-electron chi connectivity index (χ4n) is 5.48. The van der Waals surface area contributed by atoms with Crippen LogP contribution in [0.2, 0.25) is 0 Å². The molecule has 6 rings (SSSR count). The summed E-state index contributed by atoms with van der Waals surface area (Å²) in [4.78, 5) is 31.1. The summed E-state index contributed by atoms with van der Waals surface area (Å²) in [5, 5.41) is 6.36. The number of hydrogen-bond acceptors (Lipinski definition) is 8. The van der Waals surface area contributed by atoms with Crippen molar-refractivity contribution < 1.29 is 9.53 Å². The zero-order chi connectivity index (χ0) is 20.8. The van der Waals surface area contributed by atoms with Crippen LogP contribution in [0.3, 0.4) is 0 Å². The van der Waals surface area contributed by atoms with Gasteiger partial charge in [0.2, 0.25) is 5.96 Å². The lowest BCUT2D eigenvalue weighted by atomic mass is 9.91. The number of guanidine groups is 1. The highest BCUT2D eigenvalue weighted by atomic mass is 16.5. The molecule has 1 aromatic rings. The molecule has 1 spiro atoms. The summed E-state index contributed by atoms with van der Waals surface area (Å²) >= 11 is 0. The predicted octanol–water partition coefficient (Wildman–Crippen LogP) is 1.35. The molecule has 5 aliphatic rings. The van der Waals surface area contributed by atoms with E-state index in [-0.39, 0.29) is 23.5 Å². The number of carbonyl (C=O) groups is 1. The van der Waals surface area contributed by atoms with Crippen LogP contribution in [0.25, 0.3) is 0 Å². The first-order valence-electron chi connectivity index (χ1n) is 11.2. The lowest BCUT2D eigenvalue weighted by Gasteiger charge is -2.48. The van der Waals surface area contributed by atoms with Gasteiger partial charge in [-0.1, -0.05) is 12.8 Å². The van der Waals surface area contributed by atoms with Crippen LogP contribution in [0.15, 0.2) is 40.1 Å². The number of fused-ring (bicyclic) bond motifs is 4. The maximum Gasteiger partial charge on any atom is 0.267 e. The first-order valence-corrected chi connectivity index (χ1v) is 11.2. The number of carbonyl (C=O) groups excluding carboxylic acids is 1. The van der Waals surface area contributed by atoms with E-state index in [2.05, 4.69) is 36.5 Å². The van der Waals surface area contributed by atoms with Crippen LogP contribution in [0, 0.1) is 5.92 Å². The third-order valence-electron chi connectivity index (χ3n) is 7.06. The Bertz CT molecular complexity index is 959. The van der Waals surface area contributed by atoms with E-state index in [9.17, 15) is 4.79 Å². The lowest BCUT2D eigenvalue weighted by molar-refractivity contribution is -0.123. The van der Waals surface area contributed by atoms with Crippen molar-refractivity contribution in [1.29, 1.82) is 0 Å². The average molecular weight is 422 g/mol. The molecular weight excluding hydrogens is 394 g/mol. The minimum atomic E-state index is -0.119. The Labute approximate surface area is 181 Å². The summed E-state index contributed by atoms with van der Waals surface area (Å²) in [6, 6.07) is 4.02. The van der Waals surface area contributed by atoms with Crippen molar-refractivity contribution in [1.82, 2.24) is 15.2 Å². The van der Waals surface area contributed by atoms with Crippen molar-refractivity contribution in [3.05, 3.63) is 30.1 Å². The molecule has 0 aromatic carbocycles.